The summed E-state index contributed by atoms with van der Waals surface area (Å²) in [5.74, 6) is 0.571. The zero-order chi connectivity index (χ0) is 16.7. The molecule has 0 bridgehead atoms. The Morgan fingerprint density at radius 3 is 2.61 bits per heavy atom. The van der Waals surface area contributed by atoms with E-state index < -0.39 is 0 Å². The lowest BCUT2D eigenvalue weighted by molar-refractivity contribution is -0.119. The summed E-state index contributed by atoms with van der Waals surface area (Å²) in [6.07, 6.45) is 0. The fourth-order valence-electron chi connectivity index (χ4n) is 2.17. The average molecular weight is 312 g/mol. The molecule has 2 aromatic carbocycles. The number of anilines is 1. The van der Waals surface area contributed by atoms with Gasteiger partial charge in [0.1, 0.15) is 5.75 Å². The van der Waals surface area contributed by atoms with Crippen LogP contribution < -0.4 is 15.4 Å². The summed E-state index contributed by atoms with van der Waals surface area (Å²) in [6.45, 7) is 2.03. The largest absolute Gasteiger partial charge is 0.497 e. The fourth-order valence-corrected chi connectivity index (χ4v) is 2.17. The SMILES string of the molecule is COc1cccc(CNC(=O)CNc2ccccc2C(C)=O)c1. The summed E-state index contributed by atoms with van der Waals surface area (Å²) in [5, 5.41) is 5.82. The van der Waals surface area contributed by atoms with Crippen molar-refractivity contribution in [3.63, 3.8) is 0 Å². The first kappa shape index (κ1) is 16.5. The molecule has 2 rings (SSSR count). The van der Waals surface area contributed by atoms with Gasteiger partial charge in [-0.05, 0) is 36.8 Å². The molecule has 0 aliphatic carbocycles. The molecule has 0 atom stereocenters. The summed E-state index contributed by atoms with van der Waals surface area (Å²) in [6, 6.07) is 14.7. The number of hydrogen-bond acceptors (Lipinski definition) is 4. The van der Waals surface area contributed by atoms with Gasteiger partial charge in [-0.2, -0.15) is 0 Å². The molecule has 0 spiro atoms. The first-order valence-corrected chi connectivity index (χ1v) is 7.33. The Hall–Kier alpha value is -2.82. The topological polar surface area (TPSA) is 67.4 Å². The normalized spacial score (nSPS) is 10.0. The molecule has 0 aromatic heterocycles. The summed E-state index contributed by atoms with van der Waals surface area (Å²) in [7, 11) is 1.61. The Labute approximate surface area is 135 Å². The highest BCUT2D eigenvalue weighted by Crippen LogP contribution is 2.15. The predicted molar refractivity (Wildman–Crippen MR) is 89.8 cm³/mol. The maximum atomic E-state index is 11.9. The van der Waals surface area contributed by atoms with Crippen molar-refractivity contribution >= 4 is 17.4 Å². The first-order chi connectivity index (χ1) is 11.1. The number of methoxy groups -OCH3 is 1. The highest BCUT2D eigenvalue weighted by atomic mass is 16.5. The van der Waals surface area contributed by atoms with E-state index in [1.165, 1.54) is 6.92 Å². The maximum absolute atomic E-state index is 11.9. The Morgan fingerprint density at radius 2 is 1.87 bits per heavy atom. The van der Waals surface area contributed by atoms with Gasteiger partial charge in [-0.15, -0.1) is 0 Å². The number of benzene rings is 2. The summed E-state index contributed by atoms with van der Waals surface area (Å²) in [5.41, 5.74) is 2.20. The monoisotopic (exact) mass is 312 g/mol. The van der Waals surface area contributed by atoms with Crippen molar-refractivity contribution in [2.24, 2.45) is 0 Å². The van der Waals surface area contributed by atoms with Gasteiger partial charge >= 0.3 is 0 Å². The number of carbonyl (C=O) groups is 2. The molecule has 0 aliphatic rings. The lowest BCUT2D eigenvalue weighted by Crippen LogP contribution is -2.29. The highest BCUT2D eigenvalue weighted by molar-refractivity contribution is 6.00. The second-order valence-electron chi connectivity index (χ2n) is 5.08. The number of Topliss-reactive ketones (excluding diaryl/α,β-unsaturated/α-hetero) is 1. The van der Waals surface area contributed by atoms with Crippen LogP contribution in [0, 0.1) is 0 Å². The molecule has 0 saturated carbocycles. The molecule has 0 fully saturated rings. The smallest absolute Gasteiger partial charge is 0.239 e. The summed E-state index contributed by atoms with van der Waals surface area (Å²) in [4.78, 5) is 23.5. The van der Waals surface area contributed by atoms with Crippen LogP contribution in [0.15, 0.2) is 48.5 Å². The summed E-state index contributed by atoms with van der Waals surface area (Å²) < 4.78 is 5.15. The highest BCUT2D eigenvalue weighted by Gasteiger charge is 2.07. The van der Waals surface area contributed by atoms with Crippen LogP contribution in [-0.2, 0) is 11.3 Å². The maximum Gasteiger partial charge on any atom is 0.239 e. The van der Waals surface area contributed by atoms with Crippen molar-refractivity contribution in [1.29, 1.82) is 0 Å². The minimum absolute atomic E-state index is 0.0371. The van der Waals surface area contributed by atoms with Gasteiger partial charge in [-0.3, -0.25) is 9.59 Å². The van der Waals surface area contributed by atoms with Crippen LogP contribution in [0.25, 0.3) is 0 Å². The van der Waals surface area contributed by atoms with E-state index in [4.69, 9.17) is 4.74 Å². The molecular weight excluding hydrogens is 292 g/mol. The lowest BCUT2D eigenvalue weighted by Gasteiger charge is -2.11. The number of hydrogen-bond donors (Lipinski definition) is 2. The average Bonchev–Trinajstić information content (AvgIpc) is 2.58. The third-order valence-corrected chi connectivity index (χ3v) is 3.37. The molecule has 5 nitrogen and oxygen atoms in total. The Balaban J connectivity index is 1.87. The van der Waals surface area contributed by atoms with E-state index in [1.807, 2.05) is 30.3 Å². The van der Waals surface area contributed by atoms with Gasteiger partial charge in [-0.25, -0.2) is 0 Å². The molecule has 120 valence electrons. The predicted octanol–water partition coefficient (Wildman–Crippen LogP) is 2.63. The third kappa shape index (κ3) is 4.85. The van der Waals surface area contributed by atoms with Crippen molar-refractivity contribution in [2.75, 3.05) is 19.0 Å². The number of amides is 1. The molecule has 0 saturated heterocycles. The van der Waals surface area contributed by atoms with E-state index >= 15 is 0 Å². The van der Waals surface area contributed by atoms with Crippen molar-refractivity contribution < 1.29 is 14.3 Å². The van der Waals surface area contributed by atoms with E-state index in [-0.39, 0.29) is 18.2 Å². The molecule has 1 amide bonds. The van der Waals surface area contributed by atoms with Crippen LogP contribution >= 0.6 is 0 Å². The molecule has 0 heterocycles. The number of ether oxygens (including phenoxy) is 1. The Bertz CT molecular complexity index is 698. The van der Waals surface area contributed by atoms with E-state index in [2.05, 4.69) is 10.6 Å². The van der Waals surface area contributed by atoms with Gasteiger partial charge in [0.05, 0.1) is 13.7 Å². The number of para-hydroxylation sites is 1. The Kier molecular flexibility index (Phi) is 5.74. The lowest BCUT2D eigenvalue weighted by atomic mass is 10.1. The molecular formula is C18H20N2O3. The van der Waals surface area contributed by atoms with E-state index in [0.29, 0.717) is 17.8 Å². The quantitative estimate of drug-likeness (QED) is 0.771. The van der Waals surface area contributed by atoms with E-state index in [0.717, 1.165) is 11.3 Å². The molecule has 0 aliphatic heterocycles. The molecule has 5 heteroatoms. The molecule has 2 N–H and O–H groups in total. The second kappa shape index (κ2) is 7.98. The molecule has 0 unspecified atom stereocenters. The molecule has 2 aromatic rings. The number of carbonyl (C=O) groups excluding carboxylic acids is 2. The van der Waals surface area contributed by atoms with Crippen LogP contribution in [0.1, 0.15) is 22.8 Å². The molecule has 23 heavy (non-hydrogen) atoms. The van der Waals surface area contributed by atoms with Crippen molar-refractivity contribution in [3.8, 4) is 5.75 Å². The van der Waals surface area contributed by atoms with Crippen molar-refractivity contribution in [3.05, 3.63) is 59.7 Å². The third-order valence-electron chi connectivity index (χ3n) is 3.37. The van der Waals surface area contributed by atoms with E-state index in [9.17, 15) is 9.59 Å². The minimum atomic E-state index is -0.147. The van der Waals surface area contributed by atoms with Crippen LogP contribution in [0.2, 0.25) is 0 Å². The first-order valence-electron chi connectivity index (χ1n) is 7.33. The van der Waals surface area contributed by atoms with Crippen LogP contribution in [0.3, 0.4) is 0 Å². The number of rotatable bonds is 7. The van der Waals surface area contributed by atoms with Crippen LogP contribution in [-0.4, -0.2) is 25.3 Å². The minimum Gasteiger partial charge on any atom is -0.497 e. The molecule has 0 radical (unpaired) electrons. The van der Waals surface area contributed by atoms with Crippen LogP contribution in [0.5, 0.6) is 5.75 Å². The standard InChI is InChI=1S/C18H20N2O3/c1-13(21)16-8-3-4-9-17(16)19-12-18(22)20-11-14-6-5-7-15(10-14)23-2/h3-10,19H,11-12H2,1-2H3,(H,20,22). The van der Waals surface area contributed by atoms with Gasteiger partial charge in [0.15, 0.2) is 5.78 Å². The second-order valence-corrected chi connectivity index (χ2v) is 5.08. The van der Waals surface area contributed by atoms with Crippen molar-refractivity contribution in [2.45, 2.75) is 13.5 Å². The van der Waals surface area contributed by atoms with E-state index in [1.54, 1.807) is 25.3 Å². The zero-order valence-corrected chi connectivity index (χ0v) is 13.3. The fraction of sp³-hybridized carbons (Fsp3) is 0.222. The van der Waals surface area contributed by atoms with Gasteiger partial charge in [0, 0.05) is 17.8 Å². The number of ketones is 1. The number of nitrogens with one attached hydrogen (secondary N) is 2. The van der Waals surface area contributed by atoms with Gasteiger partial charge < -0.3 is 15.4 Å². The van der Waals surface area contributed by atoms with Crippen molar-refractivity contribution in [1.82, 2.24) is 5.32 Å². The van der Waals surface area contributed by atoms with Gasteiger partial charge in [0.25, 0.3) is 0 Å². The zero-order valence-electron chi connectivity index (χ0n) is 13.3. The van der Waals surface area contributed by atoms with Gasteiger partial charge in [-0.1, -0.05) is 24.3 Å². The summed E-state index contributed by atoms with van der Waals surface area (Å²) >= 11 is 0. The van der Waals surface area contributed by atoms with Gasteiger partial charge in [0.2, 0.25) is 5.91 Å². The van der Waals surface area contributed by atoms with Crippen LogP contribution in [0.4, 0.5) is 5.69 Å². The Morgan fingerprint density at radius 1 is 1.09 bits per heavy atom.